The number of aliphatic carboxylic acids is 1. The number of carbonyl (C=O) groups excluding carboxylic acids is 2. The Kier molecular flexibility index (Phi) is 5.04. The molecule has 3 N–H and O–H groups in total. The van der Waals surface area contributed by atoms with Gasteiger partial charge in [0.15, 0.2) is 0 Å². The number of benzene rings is 1. The van der Waals surface area contributed by atoms with Gasteiger partial charge in [-0.15, -0.1) is 11.8 Å². The number of rotatable bonds is 6. The normalized spacial score (nSPS) is 19.4. The summed E-state index contributed by atoms with van der Waals surface area (Å²) in [6.45, 7) is 0. The summed E-state index contributed by atoms with van der Waals surface area (Å²) < 4.78 is 5.03. The van der Waals surface area contributed by atoms with E-state index in [0.717, 1.165) is 16.7 Å². The van der Waals surface area contributed by atoms with E-state index in [0.29, 0.717) is 11.4 Å². The van der Waals surface area contributed by atoms with E-state index < -0.39 is 17.3 Å². The van der Waals surface area contributed by atoms with E-state index in [1.165, 1.54) is 7.11 Å². The fraction of sp³-hybridized carbons (Fsp3) is 0.357. The average molecular weight is 324 g/mol. The molecule has 2 amide bonds. The minimum Gasteiger partial charge on any atom is -0.497 e. The molecule has 2 unspecified atom stereocenters. The van der Waals surface area contributed by atoms with Gasteiger partial charge in [0.25, 0.3) is 0 Å². The summed E-state index contributed by atoms with van der Waals surface area (Å²) in [7, 11) is 1.53. The number of nitrogens with zero attached hydrogens (tertiary/aromatic N) is 1. The lowest BCUT2D eigenvalue weighted by atomic mass is 10.3. The van der Waals surface area contributed by atoms with Gasteiger partial charge < -0.3 is 15.6 Å². The highest BCUT2D eigenvalue weighted by molar-refractivity contribution is 8.00. The summed E-state index contributed by atoms with van der Waals surface area (Å²) in [5.41, 5.74) is 5.88. The van der Waals surface area contributed by atoms with Crippen LogP contribution in [-0.2, 0) is 14.4 Å². The van der Waals surface area contributed by atoms with Crippen molar-refractivity contribution in [1.82, 2.24) is 0 Å². The molecule has 118 valence electrons. The first-order valence-electron chi connectivity index (χ1n) is 6.55. The third-order valence-electron chi connectivity index (χ3n) is 3.23. The third-order valence-corrected chi connectivity index (χ3v) is 4.55. The number of anilines is 1. The topological polar surface area (TPSA) is 110 Å². The summed E-state index contributed by atoms with van der Waals surface area (Å²) in [5, 5.41) is 8.14. The number of imide groups is 1. The average Bonchev–Trinajstić information content (AvgIpc) is 2.79. The first kappa shape index (κ1) is 16.3. The summed E-state index contributed by atoms with van der Waals surface area (Å²) in [6, 6.07) is 5.53. The molecule has 1 aliphatic heterocycles. The molecule has 7 nitrogen and oxygen atoms in total. The molecule has 22 heavy (non-hydrogen) atoms. The molecule has 1 aromatic carbocycles. The Labute approximate surface area is 131 Å². The number of carboxylic acid groups (broad SMARTS) is 1. The van der Waals surface area contributed by atoms with E-state index in [1.54, 1.807) is 24.3 Å². The van der Waals surface area contributed by atoms with Gasteiger partial charge in [0.05, 0.1) is 18.0 Å². The SMILES string of the molecule is COc1ccc(N2C(=O)CC(SCC(N)C(=O)O)C2=O)cc1. The lowest BCUT2D eigenvalue weighted by Gasteiger charge is -2.15. The molecule has 1 fully saturated rings. The predicted octanol–water partition coefficient (Wildman–Crippen LogP) is 0.472. The van der Waals surface area contributed by atoms with Crippen molar-refractivity contribution in [3.05, 3.63) is 24.3 Å². The number of carbonyl (C=O) groups is 3. The second-order valence-corrected chi connectivity index (χ2v) is 5.97. The Morgan fingerprint density at radius 2 is 2.09 bits per heavy atom. The maximum absolute atomic E-state index is 12.3. The Balaban J connectivity index is 2.06. The molecule has 0 radical (unpaired) electrons. The standard InChI is InChI=1S/C14H16N2O5S/c1-21-9-4-2-8(3-5-9)16-12(17)6-11(13(16)18)22-7-10(15)14(19)20/h2-5,10-11H,6-7,15H2,1H3,(H,19,20). The fourth-order valence-corrected chi connectivity index (χ4v) is 3.12. The first-order chi connectivity index (χ1) is 10.4. The van der Waals surface area contributed by atoms with Crippen LogP contribution in [0.15, 0.2) is 24.3 Å². The summed E-state index contributed by atoms with van der Waals surface area (Å²) in [5.74, 6) is -1.08. The van der Waals surface area contributed by atoms with Gasteiger partial charge in [-0.05, 0) is 24.3 Å². The number of methoxy groups -OCH3 is 1. The molecule has 2 rings (SSSR count). The van der Waals surface area contributed by atoms with Gasteiger partial charge in [-0.3, -0.25) is 14.4 Å². The van der Waals surface area contributed by atoms with Crippen LogP contribution in [-0.4, -0.2) is 47.0 Å². The smallest absolute Gasteiger partial charge is 0.321 e. The third kappa shape index (κ3) is 3.40. The number of hydrogen-bond acceptors (Lipinski definition) is 6. The van der Waals surface area contributed by atoms with Crippen molar-refractivity contribution in [1.29, 1.82) is 0 Å². The van der Waals surface area contributed by atoms with Crippen molar-refractivity contribution in [2.75, 3.05) is 17.8 Å². The minimum absolute atomic E-state index is 0.0435. The van der Waals surface area contributed by atoms with Crippen molar-refractivity contribution in [3.8, 4) is 5.75 Å². The van der Waals surface area contributed by atoms with Gasteiger partial charge in [0.2, 0.25) is 11.8 Å². The zero-order valence-electron chi connectivity index (χ0n) is 11.9. The number of hydrogen-bond donors (Lipinski definition) is 2. The lowest BCUT2D eigenvalue weighted by Crippen LogP contribution is -2.35. The van der Waals surface area contributed by atoms with Gasteiger partial charge >= 0.3 is 5.97 Å². The van der Waals surface area contributed by atoms with E-state index in [4.69, 9.17) is 15.6 Å². The highest BCUT2D eigenvalue weighted by Crippen LogP contribution is 2.30. The van der Waals surface area contributed by atoms with Crippen LogP contribution in [0.25, 0.3) is 0 Å². The summed E-state index contributed by atoms with van der Waals surface area (Å²) >= 11 is 1.10. The Morgan fingerprint density at radius 1 is 1.45 bits per heavy atom. The number of ether oxygens (including phenoxy) is 1. The van der Waals surface area contributed by atoms with Gasteiger partial charge in [0, 0.05) is 12.2 Å². The van der Waals surface area contributed by atoms with E-state index in [2.05, 4.69) is 0 Å². The quantitative estimate of drug-likeness (QED) is 0.732. The van der Waals surface area contributed by atoms with E-state index >= 15 is 0 Å². The molecular formula is C14H16N2O5S. The number of amides is 2. The second-order valence-electron chi connectivity index (χ2n) is 4.74. The molecule has 0 bridgehead atoms. The van der Waals surface area contributed by atoms with Crippen LogP contribution in [0.4, 0.5) is 5.69 Å². The van der Waals surface area contributed by atoms with Crippen LogP contribution in [0.1, 0.15) is 6.42 Å². The molecular weight excluding hydrogens is 308 g/mol. The maximum Gasteiger partial charge on any atom is 0.321 e. The van der Waals surface area contributed by atoms with Crippen molar-refractivity contribution < 1.29 is 24.2 Å². The molecule has 0 saturated carbocycles. The lowest BCUT2D eigenvalue weighted by molar-refractivity contribution is -0.138. The van der Waals surface area contributed by atoms with Crippen LogP contribution in [0.3, 0.4) is 0 Å². The molecule has 0 spiro atoms. The van der Waals surface area contributed by atoms with Crippen LogP contribution in [0, 0.1) is 0 Å². The van der Waals surface area contributed by atoms with Crippen LogP contribution < -0.4 is 15.4 Å². The number of thioether (sulfide) groups is 1. The molecule has 0 aliphatic carbocycles. The molecule has 8 heteroatoms. The second kappa shape index (κ2) is 6.80. The Hall–Kier alpha value is -2.06. The fourth-order valence-electron chi connectivity index (χ4n) is 2.03. The summed E-state index contributed by atoms with van der Waals surface area (Å²) in [6.07, 6.45) is 0.0435. The number of carboxylic acids is 1. The molecule has 1 aromatic rings. The van der Waals surface area contributed by atoms with E-state index in [1.807, 2.05) is 0 Å². The van der Waals surface area contributed by atoms with E-state index in [9.17, 15) is 14.4 Å². The zero-order valence-corrected chi connectivity index (χ0v) is 12.7. The van der Waals surface area contributed by atoms with Crippen LogP contribution >= 0.6 is 11.8 Å². The largest absolute Gasteiger partial charge is 0.497 e. The van der Waals surface area contributed by atoms with Crippen molar-refractivity contribution in [3.63, 3.8) is 0 Å². The monoisotopic (exact) mass is 324 g/mol. The van der Waals surface area contributed by atoms with Crippen molar-refractivity contribution >= 4 is 35.2 Å². The molecule has 1 saturated heterocycles. The van der Waals surface area contributed by atoms with Gasteiger partial charge in [-0.2, -0.15) is 0 Å². The van der Waals surface area contributed by atoms with Crippen molar-refractivity contribution in [2.45, 2.75) is 17.7 Å². The zero-order chi connectivity index (χ0) is 16.3. The van der Waals surface area contributed by atoms with Gasteiger partial charge in [-0.1, -0.05) is 0 Å². The van der Waals surface area contributed by atoms with Crippen molar-refractivity contribution in [2.24, 2.45) is 5.73 Å². The summed E-state index contributed by atoms with van der Waals surface area (Å²) in [4.78, 5) is 36.2. The maximum atomic E-state index is 12.3. The van der Waals surface area contributed by atoms with Crippen LogP contribution in [0.2, 0.25) is 0 Å². The molecule has 0 aromatic heterocycles. The first-order valence-corrected chi connectivity index (χ1v) is 7.59. The predicted molar refractivity (Wildman–Crippen MR) is 82.0 cm³/mol. The van der Waals surface area contributed by atoms with E-state index in [-0.39, 0.29) is 24.0 Å². The molecule has 1 heterocycles. The Morgan fingerprint density at radius 3 is 2.64 bits per heavy atom. The minimum atomic E-state index is -1.13. The Bertz CT molecular complexity index is 589. The number of nitrogens with two attached hydrogens (primary N) is 1. The molecule has 2 atom stereocenters. The van der Waals surface area contributed by atoms with Gasteiger partial charge in [-0.25, -0.2) is 4.90 Å². The van der Waals surface area contributed by atoms with Crippen LogP contribution in [0.5, 0.6) is 5.75 Å². The van der Waals surface area contributed by atoms with Gasteiger partial charge in [0.1, 0.15) is 11.8 Å². The highest BCUT2D eigenvalue weighted by atomic mass is 32.2. The highest BCUT2D eigenvalue weighted by Gasteiger charge is 2.40. The molecule has 1 aliphatic rings.